The van der Waals surface area contributed by atoms with Crippen molar-refractivity contribution >= 4 is 5.91 Å². The lowest BCUT2D eigenvalue weighted by Crippen LogP contribution is -2.50. The summed E-state index contributed by atoms with van der Waals surface area (Å²) in [7, 11) is 0. The Morgan fingerprint density at radius 2 is 1.83 bits per heavy atom. The first-order valence-electron chi connectivity index (χ1n) is 8.10. The molecule has 120 valence electrons. The summed E-state index contributed by atoms with van der Waals surface area (Å²) in [5.41, 5.74) is 2.91. The van der Waals surface area contributed by atoms with Crippen LogP contribution in [-0.4, -0.2) is 36.1 Å². The molecule has 0 N–H and O–H groups in total. The highest BCUT2D eigenvalue weighted by atomic mass is 16.5. The first kappa shape index (κ1) is 15.8. The zero-order valence-corrected chi connectivity index (χ0v) is 13.8. The second-order valence-corrected chi connectivity index (χ2v) is 6.70. The van der Waals surface area contributed by atoms with Gasteiger partial charge in [-0.2, -0.15) is 0 Å². The Bertz CT molecular complexity index is 679. The van der Waals surface area contributed by atoms with Crippen LogP contribution in [0.4, 0.5) is 0 Å². The minimum absolute atomic E-state index is 0.0938. The van der Waals surface area contributed by atoms with Gasteiger partial charge in [-0.15, -0.1) is 0 Å². The molecule has 1 fully saturated rings. The van der Waals surface area contributed by atoms with Gasteiger partial charge in [0, 0.05) is 18.7 Å². The van der Waals surface area contributed by atoms with Gasteiger partial charge in [0.15, 0.2) is 0 Å². The number of hydrogen-bond donors (Lipinski definition) is 0. The first-order chi connectivity index (χ1) is 11.0. The SMILES string of the molecule is CC1(C)CN(C(=O)c2cccc(Cc3ccccc3)c2)CCO1. The van der Waals surface area contributed by atoms with Gasteiger partial charge in [0.25, 0.3) is 5.91 Å². The second kappa shape index (κ2) is 6.55. The maximum atomic E-state index is 12.8. The van der Waals surface area contributed by atoms with E-state index in [1.54, 1.807) is 0 Å². The van der Waals surface area contributed by atoms with E-state index in [0.29, 0.717) is 19.7 Å². The monoisotopic (exact) mass is 309 g/mol. The molecule has 0 radical (unpaired) electrons. The van der Waals surface area contributed by atoms with Gasteiger partial charge in [-0.05, 0) is 43.5 Å². The normalized spacial score (nSPS) is 17.0. The van der Waals surface area contributed by atoms with E-state index >= 15 is 0 Å². The third kappa shape index (κ3) is 3.99. The average molecular weight is 309 g/mol. The molecule has 1 saturated heterocycles. The minimum Gasteiger partial charge on any atom is -0.372 e. The molecule has 0 aliphatic carbocycles. The van der Waals surface area contributed by atoms with E-state index in [0.717, 1.165) is 17.5 Å². The van der Waals surface area contributed by atoms with Crippen molar-refractivity contribution in [3.63, 3.8) is 0 Å². The highest BCUT2D eigenvalue weighted by Crippen LogP contribution is 2.19. The summed E-state index contributed by atoms with van der Waals surface area (Å²) in [5, 5.41) is 0. The van der Waals surface area contributed by atoms with Gasteiger partial charge in [0.2, 0.25) is 0 Å². The first-order valence-corrected chi connectivity index (χ1v) is 8.10. The van der Waals surface area contributed by atoms with E-state index in [4.69, 9.17) is 4.74 Å². The molecule has 23 heavy (non-hydrogen) atoms. The quantitative estimate of drug-likeness (QED) is 0.868. The summed E-state index contributed by atoms with van der Waals surface area (Å²) in [6.45, 7) is 5.94. The molecular weight excluding hydrogens is 286 g/mol. The van der Waals surface area contributed by atoms with Crippen LogP contribution < -0.4 is 0 Å². The molecule has 3 nitrogen and oxygen atoms in total. The fraction of sp³-hybridized carbons (Fsp3) is 0.350. The molecule has 0 aromatic heterocycles. The lowest BCUT2D eigenvalue weighted by atomic mass is 10.0. The third-order valence-electron chi connectivity index (χ3n) is 4.14. The Hall–Kier alpha value is -2.13. The van der Waals surface area contributed by atoms with Crippen molar-refractivity contribution < 1.29 is 9.53 Å². The van der Waals surface area contributed by atoms with Crippen molar-refractivity contribution in [2.45, 2.75) is 25.9 Å². The van der Waals surface area contributed by atoms with Crippen LogP contribution in [0.25, 0.3) is 0 Å². The van der Waals surface area contributed by atoms with Crippen molar-refractivity contribution in [3.8, 4) is 0 Å². The summed E-state index contributed by atoms with van der Waals surface area (Å²) in [6.07, 6.45) is 0.844. The number of ether oxygens (including phenoxy) is 1. The number of nitrogens with zero attached hydrogens (tertiary/aromatic N) is 1. The molecule has 0 spiro atoms. The molecule has 3 heteroatoms. The Kier molecular flexibility index (Phi) is 4.49. The van der Waals surface area contributed by atoms with Crippen molar-refractivity contribution in [1.82, 2.24) is 4.90 Å². The van der Waals surface area contributed by atoms with Crippen LogP contribution in [0, 0.1) is 0 Å². The van der Waals surface area contributed by atoms with Crippen molar-refractivity contribution in [2.24, 2.45) is 0 Å². The fourth-order valence-corrected chi connectivity index (χ4v) is 3.02. The standard InChI is InChI=1S/C20H23NO2/c1-20(2)15-21(11-12-23-20)19(22)18-10-6-9-17(14-18)13-16-7-4-3-5-8-16/h3-10,14H,11-13,15H2,1-2H3. The van der Waals surface area contributed by atoms with Gasteiger partial charge in [-0.25, -0.2) is 0 Å². The topological polar surface area (TPSA) is 29.5 Å². The second-order valence-electron chi connectivity index (χ2n) is 6.70. The number of hydrogen-bond acceptors (Lipinski definition) is 2. The molecule has 0 bridgehead atoms. The third-order valence-corrected chi connectivity index (χ3v) is 4.14. The smallest absolute Gasteiger partial charge is 0.254 e. The van der Waals surface area contributed by atoms with Crippen molar-refractivity contribution in [3.05, 3.63) is 71.3 Å². The molecule has 0 saturated carbocycles. The lowest BCUT2D eigenvalue weighted by molar-refractivity contribution is -0.0764. The highest BCUT2D eigenvalue weighted by molar-refractivity contribution is 5.94. The maximum Gasteiger partial charge on any atom is 0.254 e. The van der Waals surface area contributed by atoms with Gasteiger partial charge in [-0.1, -0.05) is 42.5 Å². The zero-order chi connectivity index (χ0) is 16.3. The number of benzene rings is 2. The Morgan fingerprint density at radius 3 is 2.57 bits per heavy atom. The number of amides is 1. The molecule has 1 aliphatic rings. The summed E-state index contributed by atoms with van der Waals surface area (Å²) in [6, 6.07) is 18.3. The van der Waals surface area contributed by atoms with Crippen molar-refractivity contribution in [1.29, 1.82) is 0 Å². The highest BCUT2D eigenvalue weighted by Gasteiger charge is 2.30. The molecule has 1 aliphatic heterocycles. The Balaban J connectivity index is 1.75. The number of carbonyl (C=O) groups excluding carboxylic acids is 1. The molecule has 1 heterocycles. The predicted octanol–water partition coefficient (Wildman–Crippen LogP) is 3.53. The average Bonchev–Trinajstić information content (AvgIpc) is 2.54. The van der Waals surface area contributed by atoms with E-state index in [2.05, 4.69) is 18.2 Å². The summed E-state index contributed by atoms with van der Waals surface area (Å²) in [5.74, 6) is 0.0938. The van der Waals surface area contributed by atoms with E-state index in [1.807, 2.05) is 55.1 Å². The molecular formula is C20H23NO2. The molecule has 3 rings (SSSR count). The van der Waals surface area contributed by atoms with E-state index in [-0.39, 0.29) is 11.5 Å². The summed E-state index contributed by atoms with van der Waals surface area (Å²) < 4.78 is 5.69. The molecule has 2 aromatic rings. The van der Waals surface area contributed by atoms with Gasteiger partial charge in [0.1, 0.15) is 0 Å². The molecule has 1 amide bonds. The number of carbonyl (C=O) groups is 1. The van der Waals surface area contributed by atoms with Crippen LogP contribution in [0.5, 0.6) is 0 Å². The maximum absolute atomic E-state index is 12.8. The van der Waals surface area contributed by atoms with E-state index in [9.17, 15) is 4.79 Å². The van der Waals surface area contributed by atoms with Crippen LogP contribution in [0.2, 0.25) is 0 Å². The minimum atomic E-state index is -0.268. The Morgan fingerprint density at radius 1 is 1.09 bits per heavy atom. The van der Waals surface area contributed by atoms with Gasteiger partial charge in [0.05, 0.1) is 12.2 Å². The Labute approximate surface area is 137 Å². The predicted molar refractivity (Wildman–Crippen MR) is 91.6 cm³/mol. The largest absolute Gasteiger partial charge is 0.372 e. The summed E-state index contributed by atoms with van der Waals surface area (Å²) >= 11 is 0. The zero-order valence-electron chi connectivity index (χ0n) is 13.8. The summed E-state index contributed by atoms with van der Waals surface area (Å²) in [4.78, 5) is 14.7. The van der Waals surface area contributed by atoms with Gasteiger partial charge < -0.3 is 9.64 Å². The van der Waals surface area contributed by atoms with Crippen LogP contribution >= 0.6 is 0 Å². The lowest BCUT2D eigenvalue weighted by Gasteiger charge is -2.38. The van der Waals surface area contributed by atoms with Gasteiger partial charge >= 0.3 is 0 Å². The van der Waals surface area contributed by atoms with Crippen LogP contribution in [0.15, 0.2) is 54.6 Å². The number of morpholine rings is 1. The van der Waals surface area contributed by atoms with Crippen LogP contribution in [-0.2, 0) is 11.2 Å². The van der Waals surface area contributed by atoms with Crippen molar-refractivity contribution in [2.75, 3.05) is 19.7 Å². The fourth-order valence-electron chi connectivity index (χ4n) is 3.02. The van der Waals surface area contributed by atoms with Gasteiger partial charge in [-0.3, -0.25) is 4.79 Å². The van der Waals surface area contributed by atoms with E-state index in [1.165, 1.54) is 5.56 Å². The van der Waals surface area contributed by atoms with E-state index < -0.39 is 0 Å². The molecule has 0 unspecified atom stereocenters. The van der Waals surface area contributed by atoms with Crippen LogP contribution in [0.3, 0.4) is 0 Å². The number of rotatable bonds is 3. The molecule has 2 aromatic carbocycles. The van der Waals surface area contributed by atoms with Crippen LogP contribution in [0.1, 0.15) is 35.3 Å². The molecule has 0 atom stereocenters.